The van der Waals surface area contributed by atoms with Crippen molar-refractivity contribution in [3.63, 3.8) is 0 Å². The molecule has 2 unspecified atom stereocenters. The zero-order chi connectivity index (χ0) is 13.0. The van der Waals surface area contributed by atoms with Crippen LogP contribution in [0.4, 0.5) is 5.69 Å². The number of hydrogen-bond acceptors (Lipinski definition) is 5. The molecular formula is C12H17NO4. The lowest BCUT2D eigenvalue weighted by Gasteiger charge is -2.19. The van der Waals surface area contributed by atoms with Crippen molar-refractivity contribution in [1.29, 1.82) is 0 Å². The molecule has 0 spiro atoms. The van der Waals surface area contributed by atoms with Crippen LogP contribution in [0.5, 0.6) is 0 Å². The Morgan fingerprint density at radius 2 is 2.12 bits per heavy atom. The number of hydrogen-bond donors (Lipinski definition) is 3. The van der Waals surface area contributed by atoms with Crippen LogP contribution in [0.3, 0.4) is 0 Å². The molecule has 0 fully saturated rings. The molecule has 17 heavy (non-hydrogen) atoms. The molecule has 4 N–H and O–H groups in total. The molecule has 2 atom stereocenters. The Hall–Kier alpha value is -1.59. The van der Waals surface area contributed by atoms with Crippen LogP contribution in [0.2, 0.25) is 0 Å². The second-order valence-corrected chi connectivity index (χ2v) is 3.91. The van der Waals surface area contributed by atoms with Crippen molar-refractivity contribution in [2.75, 3.05) is 12.8 Å². The van der Waals surface area contributed by atoms with E-state index in [0.717, 1.165) is 5.56 Å². The Labute approximate surface area is 99.8 Å². The van der Waals surface area contributed by atoms with E-state index in [4.69, 9.17) is 5.73 Å². The molecule has 5 heteroatoms. The number of benzene rings is 1. The molecule has 0 bridgehead atoms. The predicted molar refractivity (Wildman–Crippen MR) is 63.2 cm³/mol. The zero-order valence-corrected chi connectivity index (χ0v) is 9.88. The van der Waals surface area contributed by atoms with Gasteiger partial charge < -0.3 is 20.7 Å². The van der Waals surface area contributed by atoms with Crippen molar-refractivity contribution in [2.45, 2.75) is 25.6 Å². The molecule has 0 saturated carbocycles. The summed E-state index contributed by atoms with van der Waals surface area (Å²) in [5, 5.41) is 19.6. The summed E-state index contributed by atoms with van der Waals surface area (Å²) >= 11 is 0. The van der Waals surface area contributed by atoms with Gasteiger partial charge in [0.25, 0.3) is 0 Å². The van der Waals surface area contributed by atoms with Gasteiger partial charge in [-0.3, -0.25) is 4.79 Å². The lowest BCUT2D eigenvalue weighted by molar-refractivity contribution is -0.144. The molecule has 0 radical (unpaired) electrons. The predicted octanol–water partition coefficient (Wildman–Crippen LogP) is 0.535. The molecule has 1 rings (SSSR count). The minimum Gasteiger partial charge on any atom is -0.469 e. The molecule has 1 aromatic carbocycles. The van der Waals surface area contributed by atoms with Crippen LogP contribution in [-0.4, -0.2) is 29.4 Å². The summed E-state index contributed by atoms with van der Waals surface area (Å²) in [5.41, 5.74) is 7.42. The minimum absolute atomic E-state index is 0.258. The lowest BCUT2D eigenvalue weighted by Crippen LogP contribution is -2.23. The molecule has 0 saturated heterocycles. The molecular weight excluding hydrogens is 222 g/mol. The van der Waals surface area contributed by atoms with Crippen LogP contribution in [0.25, 0.3) is 0 Å². The van der Waals surface area contributed by atoms with Crippen LogP contribution >= 0.6 is 0 Å². The van der Waals surface area contributed by atoms with Crippen molar-refractivity contribution in [1.82, 2.24) is 0 Å². The molecule has 0 aliphatic heterocycles. The van der Waals surface area contributed by atoms with E-state index in [0.29, 0.717) is 11.3 Å². The smallest absolute Gasteiger partial charge is 0.308 e. The molecule has 0 aliphatic carbocycles. The van der Waals surface area contributed by atoms with Gasteiger partial charge in [-0.25, -0.2) is 0 Å². The third-order valence-electron chi connectivity index (χ3n) is 2.59. The number of nitrogen functional groups attached to an aromatic ring is 1. The zero-order valence-electron chi connectivity index (χ0n) is 9.88. The van der Waals surface area contributed by atoms with E-state index >= 15 is 0 Å². The lowest BCUT2D eigenvalue weighted by atomic mass is 9.97. The minimum atomic E-state index is -1.21. The maximum absolute atomic E-state index is 11.0. The number of methoxy groups -OCH3 is 1. The summed E-state index contributed by atoms with van der Waals surface area (Å²) in [6.07, 6.45) is -2.62. The topological polar surface area (TPSA) is 92.8 Å². The van der Waals surface area contributed by atoms with Crippen molar-refractivity contribution in [2.24, 2.45) is 0 Å². The summed E-state index contributed by atoms with van der Waals surface area (Å²) in [7, 11) is 1.23. The van der Waals surface area contributed by atoms with Crippen LogP contribution < -0.4 is 5.73 Å². The molecule has 0 aliphatic rings. The van der Waals surface area contributed by atoms with E-state index in [1.807, 2.05) is 0 Å². The van der Waals surface area contributed by atoms with E-state index in [9.17, 15) is 15.0 Å². The Kier molecular flexibility index (Phi) is 4.48. The highest BCUT2D eigenvalue weighted by Gasteiger charge is 2.23. The Morgan fingerprint density at radius 1 is 1.47 bits per heavy atom. The number of esters is 1. The highest BCUT2D eigenvalue weighted by molar-refractivity contribution is 5.69. The first-order chi connectivity index (χ1) is 7.95. The fraction of sp³-hybridized carbons (Fsp3) is 0.417. The van der Waals surface area contributed by atoms with Gasteiger partial charge in [-0.2, -0.15) is 0 Å². The average Bonchev–Trinajstić information content (AvgIpc) is 2.31. The Balaban J connectivity index is 2.84. The fourth-order valence-corrected chi connectivity index (χ4v) is 1.55. The molecule has 5 nitrogen and oxygen atoms in total. The van der Waals surface area contributed by atoms with Gasteiger partial charge in [-0.1, -0.05) is 6.07 Å². The van der Waals surface area contributed by atoms with Crippen LogP contribution in [0.15, 0.2) is 18.2 Å². The maximum atomic E-state index is 11.0. The fourth-order valence-electron chi connectivity index (χ4n) is 1.55. The Morgan fingerprint density at radius 3 is 2.71 bits per heavy atom. The number of carbonyl (C=O) groups excluding carboxylic acids is 1. The third-order valence-corrected chi connectivity index (χ3v) is 2.59. The number of carbonyl (C=O) groups is 1. The van der Waals surface area contributed by atoms with Gasteiger partial charge in [0.15, 0.2) is 0 Å². The van der Waals surface area contributed by atoms with Gasteiger partial charge in [0.1, 0.15) is 6.10 Å². The van der Waals surface area contributed by atoms with E-state index in [1.165, 1.54) is 7.11 Å². The molecule has 0 aromatic heterocycles. The highest BCUT2D eigenvalue weighted by Crippen LogP contribution is 2.24. The summed E-state index contributed by atoms with van der Waals surface area (Å²) in [5.74, 6) is -0.571. The standard InChI is InChI=1S/C12H17NO4/c1-7-3-4-8(13)5-9(7)12(16)10(14)6-11(15)17-2/h3-5,10,12,14,16H,6,13H2,1-2H3. The Bertz CT molecular complexity index is 405. The quantitative estimate of drug-likeness (QED) is 0.526. The average molecular weight is 239 g/mol. The second kappa shape index (κ2) is 5.65. The number of aliphatic hydroxyl groups is 2. The number of aryl methyl sites for hydroxylation is 1. The highest BCUT2D eigenvalue weighted by atomic mass is 16.5. The first-order valence-corrected chi connectivity index (χ1v) is 5.24. The van der Waals surface area contributed by atoms with E-state index in [1.54, 1.807) is 25.1 Å². The van der Waals surface area contributed by atoms with Crippen LogP contribution in [-0.2, 0) is 9.53 Å². The van der Waals surface area contributed by atoms with Crippen LogP contribution in [0, 0.1) is 6.92 Å². The number of aliphatic hydroxyl groups excluding tert-OH is 2. The van der Waals surface area contributed by atoms with Gasteiger partial charge in [0, 0.05) is 5.69 Å². The van der Waals surface area contributed by atoms with Gasteiger partial charge in [0.05, 0.1) is 19.6 Å². The first-order valence-electron chi connectivity index (χ1n) is 5.24. The summed E-state index contributed by atoms with van der Waals surface area (Å²) in [6.45, 7) is 1.79. The monoisotopic (exact) mass is 239 g/mol. The number of ether oxygens (including phenoxy) is 1. The van der Waals surface area contributed by atoms with Gasteiger partial charge >= 0.3 is 5.97 Å². The van der Waals surface area contributed by atoms with Crippen molar-refractivity contribution >= 4 is 11.7 Å². The van der Waals surface area contributed by atoms with E-state index in [-0.39, 0.29) is 6.42 Å². The normalized spacial score (nSPS) is 14.1. The largest absolute Gasteiger partial charge is 0.469 e. The number of rotatable bonds is 4. The third kappa shape index (κ3) is 3.44. The van der Waals surface area contributed by atoms with E-state index in [2.05, 4.69) is 4.74 Å². The van der Waals surface area contributed by atoms with Crippen molar-refractivity contribution < 1.29 is 19.7 Å². The van der Waals surface area contributed by atoms with Crippen LogP contribution in [0.1, 0.15) is 23.7 Å². The maximum Gasteiger partial charge on any atom is 0.308 e. The first kappa shape index (κ1) is 13.5. The molecule has 94 valence electrons. The summed E-state index contributed by atoms with van der Waals surface area (Å²) in [4.78, 5) is 11.0. The molecule has 1 aromatic rings. The van der Waals surface area contributed by atoms with Crippen molar-refractivity contribution in [3.8, 4) is 0 Å². The van der Waals surface area contributed by atoms with Gasteiger partial charge in [-0.05, 0) is 30.2 Å². The second-order valence-electron chi connectivity index (χ2n) is 3.91. The van der Waals surface area contributed by atoms with Gasteiger partial charge in [0.2, 0.25) is 0 Å². The summed E-state index contributed by atoms with van der Waals surface area (Å²) in [6, 6.07) is 5.04. The summed E-state index contributed by atoms with van der Waals surface area (Å²) < 4.78 is 4.43. The number of anilines is 1. The molecule has 0 heterocycles. The SMILES string of the molecule is COC(=O)CC(O)C(O)c1cc(N)ccc1C. The number of nitrogens with two attached hydrogens (primary N) is 1. The van der Waals surface area contributed by atoms with Crippen molar-refractivity contribution in [3.05, 3.63) is 29.3 Å². The van der Waals surface area contributed by atoms with E-state index < -0.39 is 18.2 Å². The molecule has 0 amide bonds. The van der Waals surface area contributed by atoms with Gasteiger partial charge in [-0.15, -0.1) is 0 Å².